The SMILES string of the molecule is CCCn1c(=O)n(CCC(=O)N2CCC(Oc3ccc(F)cc3F)CC2)c2ccccc21. The summed E-state index contributed by atoms with van der Waals surface area (Å²) in [7, 11) is 0. The van der Waals surface area contributed by atoms with Crippen molar-refractivity contribution in [2.24, 2.45) is 0 Å². The molecule has 1 aliphatic heterocycles. The van der Waals surface area contributed by atoms with Gasteiger partial charge >= 0.3 is 5.69 Å². The number of rotatable bonds is 7. The number of aryl methyl sites for hydroxylation is 2. The summed E-state index contributed by atoms with van der Waals surface area (Å²) in [6.45, 7) is 3.99. The Hall–Kier alpha value is -3.16. The zero-order valence-electron chi connectivity index (χ0n) is 18.1. The van der Waals surface area contributed by atoms with Gasteiger partial charge in [0, 0.05) is 51.5 Å². The fourth-order valence-electron chi connectivity index (χ4n) is 4.27. The molecule has 0 spiro atoms. The molecule has 1 fully saturated rings. The molecule has 170 valence electrons. The predicted molar refractivity (Wildman–Crippen MR) is 118 cm³/mol. The van der Waals surface area contributed by atoms with Gasteiger partial charge < -0.3 is 9.64 Å². The monoisotopic (exact) mass is 443 g/mol. The van der Waals surface area contributed by atoms with Crippen LogP contribution in [0.5, 0.6) is 5.75 Å². The number of para-hydroxylation sites is 2. The number of benzene rings is 2. The number of fused-ring (bicyclic) bond motifs is 1. The summed E-state index contributed by atoms with van der Waals surface area (Å²) in [5.41, 5.74) is 1.64. The van der Waals surface area contributed by atoms with Gasteiger partial charge in [-0.3, -0.25) is 13.9 Å². The van der Waals surface area contributed by atoms with Crippen LogP contribution in [0.3, 0.4) is 0 Å². The average molecular weight is 443 g/mol. The van der Waals surface area contributed by atoms with E-state index >= 15 is 0 Å². The second kappa shape index (κ2) is 9.54. The van der Waals surface area contributed by atoms with E-state index in [4.69, 9.17) is 4.74 Å². The van der Waals surface area contributed by atoms with Crippen molar-refractivity contribution in [3.63, 3.8) is 0 Å². The third-order valence-electron chi connectivity index (χ3n) is 5.90. The smallest absolute Gasteiger partial charge is 0.329 e. The minimum Gasteiger partial charge on any atom is -0.487 e. The molecule has 1 saturated heterocycles. The summed E-state index contributed by atoms with van der Waals surface area (Å²) >= 11 is 0. The molecule has 8 heteroatoms. The Balaban J connectivity index is 1.35. The zero-order chi connectivity index (χ0) is 22.7. The van der Waals surface area contributed by atoms with E-state index in [1.165, 1.54) is 6.07 Å². The van der Waals surface area contributed by atoms with Crippen LogP contribution in [0, 0.1) is 11.6 Å². The van der Waals surface area contributed by atoms with Crippen molar-refractivity contribution in [1.82, 2.24) is 14.0 Å². The largest absolute Gasteiger partial charge is 0.487 e. The van der Waals surface area contributed by atoms with E-state index in [1.807, 2.05) is 31.2 Å². The quantitative estimate of drug-likeness (QED) is 0.556. The van der Waals surface area contributed by atoms with Gasteiger partial charge in [-0.15, -0.1) is 0 Å². The van der Waals surface area contributed by atoms with Gasteiger partial charge in [0.1, 0.15) is 11.9 Å². The lowest BCUT2D eigenvalue weighted by atomic mass is 10.1. The molecule has 3 aromatic rings. The number of aromatic nitrogens is 2. The molecule has 0 unspecified atom stereocenters. The number of carbonyl (C=O) groups is 1. The summed E-state index contributed by atoms with van der Waals surface area (Å²) in [4.78, 5) is 27.4. The summed E-state index contributed by atoms with van der Waals surface area (Å²) in [6.07, 6.45) is 1.99. The molecule has 0 N–H and O–H groups in total. The summed E-state index contributed by atoms with van der Waals surface area (Å²) in [5.74, 6) is -1.36. The molecule has 0 atom stereocenters. The first-order chi connectivity index (χ1) is 15.5. The van der Waals surface area contributed by atoms with Gasteiger partial charge in [-0.05, 0) is 30.7 Å². The van der Waals surface area contributed by atoms with Gasteiger partial charge in [-0.2, -0.15) is 0 Å². The molecular weight excluding hydrogens is 416 g/mol. The van der Waals surface area contributed by atoms with Crippen molar-refractivity contribution in [2.45, 2.75) is 51.8 Å². The van der Waals surface area contributed by atoms with E-state index in [0.717, 1.165) is 29.6 Å². The number of ether oxygens (including phenoxy) is 1. The molecule has 6 nitrogen and oxygen atoms in total. The van der Waals surface area contributed by atoms with Gasteiger partial charge in [0.2, 0.25) is 5.91 Å². The van der Waals surface area contributed by atoms with Crippen LogP contribution in [0.2, 0.25) is 0 Å². The molecule has 0 radical (unpaired) electrons. The Bertz CT molecular complexity index is 1160. The fourth-order valence-corrected chi connectivity index (χ4v) is 4.27. The maximum Gasteiger partial charge on any atom is 0.329 e. The Morgan fingerprint density at radius 2 is 1.69 bits per heavy atom. The van der Waals surface area contributed by atoms with Crippen LogP contribution in [-0.2, 0) is 17.9 Å². The third kappa shape index (κ3) is 4.54. The minimum absolute atomic E-state index is 0.0179. The summed E-state index contributed by atoms with van der Waals surface area (Å²) in [5, 5.41) is 0. The van der Waals surface area contributed by atoms with Crippen LogP contribution in [-0.4, -0.2) is 39.1 Å². The highest BCUT2D eigenvalue weighted by Crippen LogP contribution is 2.23. The van der Waals surface area contributed by atoms with Crippen LogP contribution < -0.4 is 10.4 Å². The second-order valence-electron chi connectivity index (χ2n) is 8.10. The highest BCUT2D eigenvalue weighted by Gasteiger charge is 2.25. The predicted octanol–water partition coefficient (Wildman–Crippen LogP) is 3.95. The lowest BCUT2D eigenvalue weighted by molar-refractivity contribution is -0.133. The normalized spacial score (nSPS) is 14.8. The molecule has 2 heterocycles. The summed E-state index contributed by atoms with van der Waals surface area (Å²) < 4.78 is 36.0. The van der Waals surface area contributed by atoms with E-state index in [0.29, 0.717) is 39.0 Å². The van der Waals surface area contributed by atoms with Crippen molar-refractivity contribution in [1.29, 1.82) is 0 Å². The van der Waals surface area contributed by atoms with Crippen LogP contribution in [0.1, 0.15) is 32.6 Å². The number of amides is 1. The lowest BCUT2D eigenvalue weighted by Gasteiger charge is -2.32. The van der Waals surface area contributed by atoms with Crippen molar-refractivity contribution < 1.29 is 18.3 Å². The van der Waals surface area contributed by atoms with Gasteiger partial charge in [0.25, 0.3) is 0 Å². The molecule has 0 saturated carbocycles. The first-order valence-corrected chi connectivity index (χ1v) is 11.1. The van der Waals surface area contributed by atoms with Crippen LogP contribution in [0.15, 0.2) is 47.3 Å². The maximum absolute atomic E-state index is 13.8. The number of hydrogen-bond acceptors (Lipinski definition) is 3. The van der Waals surface area contributed by atoms with Crippen LogP contribution >= 0.6 is 0 Å². The van der Waals surface area contributed by atoms with Crippen molar-refractivity contribution >= 4 is 16.9 Å². The number of likely N-dealkylation sites (tertiary alicyclic amines) is 1. The highest BCUT2D eigenvalue weighted by atomic mass is 19.1. The first kappa shape index (κ1) is 22.0. The number of piperidine rings is 1. The molecule has 1 aliphatic rings. The van der Waals surface area contributed by atoms with Gasteiger partial charge in [-0.1, -0.05) is 19.1 Å². The minimum atomic E-state index is -0.726. The van der Waals surface area contributed by atoms with Gasteiger partial charge in [-0.25, -0.2) is 13.6 Å². The van der Waals surface area contributed by atoms with Crippen molar-refractivity contribution in [3.8, 4) is 5.75 Å². The Morgan fingerprint density at radius 3 is 2.31 bits per heavy atom. The highest BCUT2D eigenvalue weighted by molar-refractivity contribution is 5.78. The van der Waals surface area contributed by atoms with E-state index in [2.05, 4.69) is 0 Å². The van der Waals surface area contributed by atoms with Gasteiger partial charge in [0.05, 0.1) is 11.0 Å². The molecular formula is C24H27F2N3O3. The molecule has 2 aromatic carbocycles. The van der Waals surface area contributed by atoms with Crippen molar-refractivity contribution in [2.75, 3.05) is 13.1 Å². The Kier molecular flexibility index (Phi) is 6.58. The number of halogens is 2. The van der Waals surface area contributed by atoms with Crippen molar-refractivity contribution in [3.05, 3.63) is 64.6 Å². The molecule has 1 aromatic heterocycles. The van der Waals surface area contributed by atoms with E-state index in [1.54, 1.807) is 14.0 Å². The summed E-state index contributed by atoms with van der Waals surface area (Å²) in [6, 6.07) is 10.9. The number of carbonyl (C=O) groups excluding carboxylic acids is 1. The average Bonchev–Trinajstić information content (AvgIpc) is 3.06. The maximum atomic E-state index is 13.8. The molecule has 0 bridgehead atoms. The fraction of sp³-hybridized carbons (Fsp3) is 0.417. The van der Waals surface area contributed by atoms with Crippen LogP contribution in [0.4, 0.5) is 8.78 Å². The van der Waals surface area contributed by atoms with E-state index in [9.17, 15) is 18.4 Å². The molecule has 0 aliphatic carbocycles. The van der Waals surface area contributed by atoms with Crippen LogP contribution in [0.25, 0.3) is 11.0 Å². The second-order valence-corrected chi connectivity index (χ2v) is 8.10. The van der Waals surface area contributed by atoms with E-state index in [-0.39, 0.29) is 29.9 Å². The van der Waals surface area contributed by atoms with Gasteiger partial charge in [0.15, 0.2) is 11.6 Å². The molecule has 1 amide bonds. The Labute approximate surface area is 185 Å². The number of hydrogen-bond donors (Lipinski definition) is 0. The topological polar surface area (TPSA) is 56.5 Å². The lowest BCUT2D eigenvalue weighted by Crippen LogP contribution is -2.42. The standard InChI is InChI=1S/C24H27F2N3O3/c1-2-12-28-20-5-3-4-6-21(20)29(24(28)31)15-11-23(30)27-13-9-18(10-14-27)32-22-8-7-17(25)16-19(22)26/h3-8,16,18H,2,9-15H2,1H3. The molecule has 4 rings (SSSR count). The third-order valence-corrected chi connectivity index (χ3v) is 5.90. The first-order valence-electron chi connectivity index (χ1n) is 11.1. The number of nitrogens with zero attached hydrogens (tertiary/aromatic N) is 3. The number of imidazole rings is 1. The molecule has 32 heavy (non-hydrogen) atoms. The van der Waals surface area contributed by atoms with E-state index < -0.39 is 11.6 Å². The Morgan fingerprint density at radius 1 is 1.03 bits per heavy atom. The zero-order valence-corrected chi connectivity index (χ0v) is 18.1.